The molecule has 0 saturated carbocycles. The van der Waals surface area contributed by atoms with Crippen LogP contribution in [0.15, 0.2) is 29.2 Å². The molecule has 5 heteroatoms. The highest BCUT2D eigenvalue weighted by molar-refractivity contribution is 8.00. The van der Waals surface area contributed by atoms with Crippen LogP contribution < -0.4 is 11.1 Å². The summed E-state index contributed by atoms with van der Waals surface area (Å²) in [4.78, 5) is 23.6. The molecule has 0 aliphatic carbocycles. The van der Waals surface area contributed by atoms with Gasteiger partial charge in [0.05, 0.1) is 11.3 Å². The first-order valence-electron chi connectivity index (χ1n) is 6.43. The molecule has 0 heterocycles. The Hall–Kier alpha value is -1.49. The number of benzene rings is 1. The number of nitrogens with two attached hydrogens (primary N) is 1. The van der Waals surface area contributed by atoms with E-state index in [1.165, 1.54) is 11.8 Å². The second kappa shape index (κ2) is 8.58. The maximum Gasteiger partial charge on any atom is 0.252 e. The van der Waals surface area contributed by atoms with Crippen molar-refractivity contribution >= 4 is 23.6 Å². The molecular formula is C14H20N2O2S. The number of carbonyl (C=O) groups excluding carboxylic acids is 2. The summed E-state index contributed by atoms with van der Waals surface area (Å²) in [6.07, 6.45) is 3.22. The molecule has 2 amide bonds. The van der Waals surface area contributed by atoms with Crippen molar-refractivity contribution in [3.63, 3.8) is 0 Å². The van der Waals surface area contributed by atoms with Crippen LogP contribution in [0.1, 0.15) is 36.5 Å². The lowest BCUT2D eigenvalue weighted by molar-refractivity contribution is -0.115. The summed E-state index contributed by atoms with van der Waals surface area (Å²) in [5.74, 6) is -0.299. The van der Waals surface area contributed by atoms with Crippen LogP contribution in [-0.4, -0.2) is 24.1 Å². The summed E-state index contributed by atoms with van der Waals surface area (Å²) >= 11 is 1.29. The van der Waals surface area contributed by atoms with Crippen LogP contribution in [0.2, 0.25) is 0 Å². The molecule has 1 rings (SSSR count). The van der Waals surface area contributed by atoms with E-state index in [1.54, 1.807) is 6.07 Å². The molecule has 3 N–H and O–H groups in total. The molecule has 0 unspecified atom stereocenters. The summed E-state index contributed by atoms with van der Waals surface area (Å²) in [6.45, 7) is 2.80. The first-order chi connectivity index (χ1) is 9.15. The first kappa shape index (κ1) is 15.6. The Kier molecular flexibility index (Phi) is 7.03. The first-order valence-corrected chi connectivity index (χ1v) is 7.42. The van der Waals surface area contributed by atoms with Gasteiger partial charge in [0, 0.05) is 11.4 Å². The van der Waals surface area contributed by atoms with E-state index < -0.39 is 0 Å². The Labute approximate surface area is 118 Å². The molecule has 1 aromatic rings. The summed E-state index contributed by atoms with van der Waals surface area (Å²) in [6, 6.07) is 7.25. The van der Waals surface area contributed by atoms with Crippen LogP contribution >= 0.6 is 11.8 Å². The highest BCUT2D eigenvalue weighted by Gasteiger charge is 2.11. The summed E-state index contributed by atoms with van der Waals surface area (Å²) in [5, 5.41) is 2.89. The average molecular weight is 280 g/mol. The van der Waals surface area contributed by atoms with Crippen LogP contribution in [0.5, 0.6) is 0 Å². The molecule has 0 atom stereocenters. The lowest BCUT2D eigenvalue weighted by Crippen LogP contribution is -2.25. The highest BCUT2D eigenvalue weighted by atomic mass is 32.2. The van der Waals surface area contributed by atoms with Crippen molar-refractivity contribution in [2.24, 2.45) is 5.73 Å². The number of primary amides is 1. The van der Waals surface area contributed by atoms with Crippen molar-refractivity contribution < 1.29 is 9.59 Å². The van der Waals surface area contributed by atoms with Gasteiger partial charge >= 0.3 is 0 Å². The zero-order valence-electron chi connectivity index (χ0n) is 11.1. The predicted molar refractivity (Wildman–Crippen MR) is 78.2 cm³/mol. The van der Waals surface area contributed by atoms with Crippen LogP contribution in [0.3, 0.4) is 0 Å². The van der Waals surface area contributed by atoms with Crippen molar-refractivity contribution in [2.45, 2.75) is 31.1 Å². The SMILES string of the molecule is CCCCCNC(=O)c1ccccc1SCC(N)=O. The van der Waals surface area contributed by atoms with Crippen LogP contribution in [-0.2, 0) is 4.79 Å². The molecule has 0 bridgehead atoms. The Balaban J connectivity index is 2.60. The molecule has 0 aliphatic heterocycles. The molecule has 104 valence electrons. The average Bonchev–Trinajstić information content (AvgIpc) is 2.41. The number of thioether (sulfide) groups is 1. The number of rotatable bonds is 8. The van der Waals surface area contributed by atoms with Gasteiger partial charge in [-0.25, -0.2) is 0 Å². The van der Waals surface area contributed by atoms with Gasteiger partial charge in [-0.15, -0.1) is 11.8 Å². The molecule has 1 aromatic carbocycles. The standard InChI is InChI=1S/C14H20N2O2S/c1-2-3-6-9-16-14(18)11-7-4-5-8-12(11)19-10-13(15)17/h4-5,7-8H,2-3,6,9-10H2,1H3,(H2,15,17)(H,16,18). The topological polar surface area (TPSA) is 72.2 Å². The van der Waals surface area contributed by atoms with Crippen LogP contribution in [0.25, 0.3) is 0 Å². The highest BCUT2D eigenvalue weighted by Crippen LogP contribution is 2.22. The second-order valence-corrected chi connectivity index (χ2v) is 5.23. The monoisotopic (exact) mass is 280 g/mol. The number of amides is 2. The zero-order valence-corrected chi connectivity index (χ0v) is 12.0. The lowest BCUT2D eigenvalue weighted by Gasteiger charge is -2.09. The predicted octanol–water partition coefficient (Wildman–Crippen LogP) is 2.18. The zero-order chi connectivity index (χ0) is 14.1. The molecule has 0 aromatic heterocycles. The van der Waals surface area contributed by atoms with Gasteiger partial charge in [0.1, 0.15) is 0 Å². The van der Waals surface area contributed by atoms with Gasteiger partial charge in [0.2, 0.25) is 5.91 Å². The van der Waals surface area contributed by atoms with Crippen LogP contribution in [0.4, 0.5) is 0 Å². The maximum absolute atomic E-state index is 12.0. The van der Waals surface area contributed by atoms with Gasteiger partial charge in [0.25, 0.3) is 5.91 Å². The smallest absolute Gasteiger partial charge is 0.252 e. The van der Waals surface area contributed by atoms with E-state index in [1.807, 2.05) is 18.2 Å². The number of hydrogen-bond donors (Lipinski definition) is 2. The van der Waals surface area contributed by atoms with E-state index in [2.05, 4.69) is 12.2 Å². The fraction of sp³-hybridized carbons (Fsp3) is 0.429. The van der Waals surface area contributed by atoms with Gasteiger partial charge < -0.3 is 11.1 Å². The van der Waals surface area contributed by atoms with E-state index in [9.17, 15) is 9.59 Å². The number of carbonyl (C=O) groups is 2. The third kappa shape index (κ3) is 5.79. The van der Waals surface area contributed by atoms with E-state index in [0.717, 1.165) is 24.2 Å². The van der Waals surface area contributed by atoms with Gasteiger partial charge in [-0.1, -0.05) is 31.9 Å². The second-order valence-electron chi connectivity index (χ2n) is 4.21. The fourth-order valence-corrected chi connectivity index (χ4v) is 2.39. The molecule has 19 heavy (non-hydrogen) atoms. The summed E-state index contributed by atoms with van der Waals surface area (Å²) in [7, 11) is 0. The minimum atomic E-state index is -0.386. The van der Waals surface area contributed by atoms with Gasteiger partial charge in [-0.05, 0) is 18.6 Å². The van der Waals surface area contributed by atoms with E-state index in [-0.39, 0.29) is 17.6 Å². The van der Waals surface area contributed by atoms with Crippen molar-refractivity contribution in [2.75, 3.05) is 12.3 Å². The molecule has 0 aliphatic rings. The number of unbranched alkanes of at least 4 members (excludes halogenated alkanes) is 2. The maximum atomic E-state index is 12.0. The summed E-state index contributed by atoms with van der Waals surface area (Å²) < 4.78 is 0. The Bertz CT molecular complexity index is 435. The van der Waals surface area contributed by atoms with E-state index >= 15 is 0 Å². The third-order valence-electron chi connectivity index (χ3n) is 2.57. The van der Waals surface area contributed by atoms with E-state index in [0.29, 0.717) is 12.1 Å². The lowest BCUT2D eigenvalue weighted by atomic mass is 10.2. The number of hydrogen-bond acceptors (Lipinski definition) is 3. The minimum Gasteiger partial charge on any atom is -0.369 e. The molecular weight excluding hydrogens is 260 g/mol. The van der Waals surface area contributed by atoms with Crippen molar-refractivity contribution in [1.82, 2.24) is 5.32 Å². The summed E-state index contributed by atoms with van der Waals surface area (Å²) in [5.41, 5.74) is 5.72. The van der Waals surface area contributed by atoms with Crippen molar-refractivity contribution in [3.8, 4) is 0 Å². The van der Waals surface area contributed by atoms with Crippen molar-refractivity contribution in [1.29, 1.82) is 0 Å². The Morgan fingerprint density at radius 2 is 2.00 bits per heavy atom. The number of nitrogens with one attached hydrogen (secondary N) is 1. The normalized spacial score (nSPS) is 10.2. The van der Waals surface area contributed by atoms with Gasteiger partial charge in [-0.2, -0.15) is 0 Å². The van der Waals surface area contributed by atoms with Crippen molar-refractivity contribution in [3.05, 3.63) is 29.8 Å². The molecule has 0 saturated heterocycles. The molecule has 0 spiro atoms. The van der Waals surface area contributed by atoms with E-state index in [4.69, 9.17) is 5.73 Å². The molecule has 0 radical (unpaired) electrons. The third-order valence-corrected chi connectivity index (χ3v) is 3.66. The largest absolute Gasteiger partial charge is 0.369 e. The Morgan fingerprint density at radius 3 is 2.68 bits per heavy atom. The molecule has 0 fully saturated rings. The Morgan fingerprint density at radius 1 is 1.26 bits per heavy atom. The fourth-order valence-electron chi connectivity index (χ4n) is 1.60. The quantitative estimate of drug-likeness (QED) is 0.566. The van der Waals surface area contributed by atoms with Gasteiger partial charge in [-0.3, -0.25) is 9.59 Å². The van der Waals surface area contributed by atoms with Crippen LogP contribution in [0, 0.1) is 0 Å². The molecule has 4 nitrogen and oxygen atoms in total. The van der Waals surface area contributed by atoms with Gasteiger partial charge in [0.15, 0.2) is 0 Å². The minimum absolute atomic E-state index is 0.0938.